The van der Waals surface area contributed by atoms with Crippen molar-refractivity contribution in [3.05, 3.63) is 29.8 Å². The van der Waals surface area contributed by atoms with Crippen molar-refractivity contribution in [2.24, 2.45) is 5.73 Å². The Labute approximate surface area is 115 Å². The monoisotopic (exact) mass is 275 g/mol. The number of thioether (sulfide) groups is 1. The van der Waals surface area contributed by atoms with Crippen LogP contribution in [0.25, 0.3) is 0 Å². The molecule has 1 aliphatic heterocycles. The minimum Gasteiger partial charge on any atom is -0.334 e. The highest BCUT2D eigenvalue weighted by molar-refractivity contribution is 8.14. The van der Waals surface area contributed by atoms with Gasteiger partial charge in [0, 0.05) is 17.0 Å². The van der Waals surface area contributed by atoms with Gasteiger partial charge in [-0.25, -0.2) is 0 Å². The van der Waals surface area contributed by atoms with E-state index in [2.05, 4.69) is 22.5 Å². The van der Waals surface area contributed by atoms with Crippen molar-refractivity contribution in [2.75, 3.05) is 17.6 Å². The predicted molar refractivity (Wildman–Crippen MR) is 75.8 cm³/mol. The quantitative estimate of drug-likeness (QED) is 0.696. The average molecular weight is 275 g/mol. The maximum absolute atomic E-state index is 11.8. The summed E-state index contributed by atoms with van der Waals surface area (Å²) in [6, 6.07) is 6.68. The lowest BCUT2D eigenvalue weighted by atomic mass is 10.2. The highest BCUT2D eigenvalue weighted by Gasteiger charge is 2.27. The van der Waals surface area contributed by atoms with E-state index in [0.29, 0.717) is 18.0 Å². The normalized spacial score (nSPS) is 17.3. The molecule has 1 aromatic carbocycles. The first kappa shape index (κ1) is 13.5. The number of hydrogen-bond donors (Lipinski definition) is 3. The summed E-state index contributed by atoms with van der Waals surface area (Å²) in [6.45, 7) is 0.317. The van der Waals surface area contributed by atoms with Crippen molar-refractivity contribution in [1.82, 2.24) is 5.32 Å². The summed E-state index contributed by atoms with van der Waals surface area (Å²) in [5.41, 5.74) is 6.80. The zero-order valence-corrected chi connectivity index (χ0v) is 10.9. The van der Waals surface area contributed by atoms with Crippen molar-refractivity contribution in [3.63, 3.8) is 0 Å². The van der Waals surface area contributed by atoms with Gasteiger partial charge < -0.3 is 16.4 Å². The van der Waals surface area contributed by atoms with Gasteiger partial charge in [-0.2, -0.15) is 0 Å². The minimum atomic E-state index is -0.464. The van der Waals surface area contributed by atoms with E-state index in [9.17, 15) is 9.59 Å². The molecule has 1 fully saturated rings. The molecule has 0 spiro atoms. The van der Waals surface area contributed by atoms with Gasteiger partial charge in [0.05, 0.1) is 6.54 Å². The number of anilines is 1. The molecular formula is C13H13N3O2S. The second-order valence-electron chi connectivity index (χ2n) is 3.87. The Morgan fingerprint density at radius 1 is 1.47 bits per heavy atom. The number of rotatable bonds is 2. The molecule has 4 N–H and O–H groups in total. The van der Waals surface area contributed by atoms with E-state index >= 15 is 0 Å². The predicted octanol–water partition coefficient (Wildman–Crippen LogP) is 0.760. The Morgan fingerprint density at radius 3 is 2.79 bits per heavy atom. The molecular weight excluding hydrogens is 262 g/mol. The third-order valence-corrected chi connectivity index (χ3v) is 3.36. The third kappa shape index (κ3) is 3.74. The smallest absolute Gasteiger partial charge is 0.279 e. The minimum absolute atomic E-state index is 0.160. The van der Waals surface area contributed by atoms with Gasteiger partial charge in [0.25, 0.3) is 5.24 Å². The van der Waals surface area contributed by atoms with Crippen LogP contribution in [0.5, 0.6) is 0 Å². The van der Waals surface area contributed by atoms with Crippen LogP contribution in [0.2, 0.25) is 0 Å². The summed E-state index contributed by atoms with van der Waals surface area (Å²) in [5, 5.41) is 5.18. The molecule has 1 saturated heterocycles. The first-order chi connectivity index (χ1) is 9.19. The Bertz CT molecular complexity index is 545. The van der Waals surface area contributed by atoms with Gasteiger partial charge in [0.2, 0.25) is 5.91 Å². The van der Waals surface area contributed by atoms with Crippen LogP contribution >= 0.6 is 11.8 Å². The summed E-state index contributed by atoms with van der Waals surface area (Å²) >= 11 is 1.11. The van der Waals surface area contributed by atoms with Gasteiger partial charge >= 0.3 is 0 Å². The molecule has 2 amide bonds. The van der Waals surface area contributed by atoms with Crippen LogP contribution in [-0.4, -0.2) is 29.5 Å². The molecule has 0 aliphatic carbocycles. The zero-order valence-electron chi connectivity index (χ0n) is 10.1. The van der Waals surface area contributed by atoms with Crippen molar-refractivity contribution in [1.29, 1.82) is 0 Å². The molecule has 1 aromatic rings. The van der Waals surface area contributed by atoms with Gasteiger partial charge in [-0.1, -0.05) is 23.6 Å². The van der Waals surface area contributed by atoms with Crippen LogP contribution < -0.4 is 16.4 Å². The maximum Gasteiger partial charge on any atom is 0.279 e. The molecule has 1 heterocycles. The molecule has 98 valence electrons. The van der Waals surface area contributed by atoms with Gasteiger partial charge in [-0.15, -0.1) is 0 Å². The first-order valence-corrected chi connectivity index (χ1v) is 6.71. The van der Waals surface area contributed by atoms with E-state index in [4.69, 9.17) is 5.73 Å². The van der Waals surface area contributed by atoms with E-state index in [1.807, 2.05) is 0 Å². The Hall–Kier alpha value is -1.97. The summed E-state index contributed by atoms with van der Waals surface area (Å²) in [6.07, 6.45) is 0. The molecule has 1 atom stereocenters. The van der Waals surface area contributed by atoms with Gasteiger partial charge in [-0.05, 0) is 24.3 Å². The van der Waals surface area contributed by atoms with Crippen molar-refractivity contribution in [2.45, 2.75) is 6.04 Å². The van der Waals surface area contributed by atoms with Crippen LogP contribution in [0.1, 0.15) is 5.56 Å². The number of carbonyl (C=O) groups excluding carboxylic acids is 2. The Balaban J connectivity index is 1.95. The topological polar surface area (TPSA) is 84.2 Å². The Morgan fingerprint density at radius 2 is 2.21 bits per heavy atom. The number of carbonyl (C=O) groups is 2. The molecule has 0 saturated carbocycles. The lowest BCUT2D eigenvalue weighted by Gasteiger charge is -2.10. The average Bonchev–Trinajstić information content (AvgIpc) is 2.85. The SMILES string of the molecule is NCC#Cc1ccc(NC(=O)C2CSC(=O)N2)cc1. The van der Waals surface area contributed by atoms with Crippen molar-refractivity contribution >= 4 is 28.6 Å². The highest BCUT2D eigenvalue weighted by Crippen LogP contribution is 2.15. The van der Waals surface area contributed by atoms with Gasteiger partial charge in [0.15, 0.2) is 0 Å². The second kappa shape index (κ2) is 6.27. The molecule has 1 aliphatic rings. The van der Waals surface area contributed by atoms with E-state index in [1.165, 1.54) is 0 Å². The standard InChI is InChI=1S/C13H13N3O2S/c14-7-1-2-9-3-5-10(6-4-9)15-12(17)11-8-19-13(18)16-11/h3-6,11H,7-8,14H2,(H,15,17)(H,16,18). The zero-order chi connectivity index (χ0) is 13.7. The molecule has 6 heteroatoms. The van der Waals surface area contributed by atoms with E-state index < -0.39 is 6.04 Å². The molecule has 0 radical (unpaired) electrons. The summed E-state index contributed by atoms with van der Waals surface area (Å²) in [7, 11) is 0. The van der Waals surface area contributed by atoms with E-state index in [1.54, 1.807) is 24.3 Å². The van der Waals surface area contributed by atoms with Crippen LogP contribution in [-0.2, 0) is 4.79 Å². The fourth-order valence-electron chi connectivity index (χ4n) is 1.55. The fourth-order valence-corrected chi connectivity index (χ4v) is 2.32. The molecule has 0 bridgehead atoms. The van der Waals surface area contributed by atoms with Gasteiger partial charge in [-0.3, -0.25) is 9.59 Å². The number of nitrogens with one attached hydrogen (secondary N) is 2. The van der Waals surface area contributed by atoms with E-state index in [0.717, 1.165) is 17.3 Å². The lowest BCUT2D eigenvalue weighted by Crippen LogP contribution is -2.38. The molecule has 0 aromatic heterocycles. The number of amides is 2. The number of hydrogen-bond acceptors (Lipinski definition) is 4. The summed E-state index contributed by atoms with van der Waals surface area (Å²) in [4.78, 5) is 22.8. The molecule has 1 unspecified atom stereocenters. The number of nitrogens with two attached hydrogens (primary N) is 1. The maximum atomic E-state index is 11.8. The molecule has 2 rings (SSSR count). The van der Waals surface area contributed by atoms with Gasteiger partial charge in [0.1, 0.15) is 6.04 Å². The van der Waals surface area contributed by atoms with Crippen LogP contribution in [0.4, 0.5) is 10.5 Å². The lowest BCUT2D eigenvalue weighted by molar-refractivity contribution is -0.117. The second-order valence-corrected chi connectivity index (χ2v) is 4.86. The first-order valence-electron chi connectivity index (χ1n) is 5.72. The van der Waals surface area contributed by atoms with Crippen LogP contribution in [0.3, 0.4) is 0 Å². The highest BCUT2D eigenvalue weighted by atomic mass is 32.2. The fraction of sp³-hybridized carbons (Fsp3) is 0.231. The third-order valence-electron chi connectivity index (χ3n) is 2.48. The number of benzene rings is 1. The Kier molecular flexibility index (Phi) is 4.44. The van der Waals surface area contributed by atoms with E-state index in [-0.39, 0.29) is 11.1 Å². The molecule has 19 heavy (non-hydrogen) atoms. The largest absolute Gasteiger partial charge is 0.334 e. The summed E-state index contributed by atoms with van der Waals surface area (Å²) < 4.78 is 0. The van der Waals surface area contributed by atoms with Crippen molar-refractivity contribution < 1.29 is 9.59 Å². The van der Waals surface area contributed by atoms with Crippen LogP contribution in [0, 0.1) is 11.8 Å². The van der Waals surface area contributed by atoms with Crippen LogP contribution in [0.15, 0.2) is 24.3 Å². The summed E-state index contributed by atoms with van der Waals surface area (Å²) in [5.74, 6) is 5.91. The van der Waals surface area contributed by atoms with Crippen molar-refractivity contribution in [3.8, 4) is 11.8 Å². The molecule has 5 nitrogen and oxygen atoms in total.